The lowest BCUT2D eigenvalue weighted by Crippen LogP contribution is -2.01. The number of hydrogen-bond acceptors (Lipinski definition) is 4. The minimum absolute atomic E-state index is 0.638. The predicted molar refractivity (Wildman–Crippen MR) is 209 cm³/mol. The van der Waals surface area contributed by atoms with Gasteiger partial charge in [-0.15, -0.1) is 11.3 Å². The first-order valence-corrected chi connectivity index (χ1v) is 17.5. The van der Waals surface area contributed by atoms with Gasteiger partial charge in [0.2, 0.25) is 0 Å². The lowest BCUT2D eigenvalue weighted by Gasteiger charge is -2.12. The Morgan fingerprint density at radius 2 is 0.840 bits per heavy atom. The molecule has 3 heterocycles. The zero-order chi connectivity index (χ0) is 33.0. The Morgan fingerprint density at radius 1 is 0.360 bits per heavy atom. The average molecular weight is 657 g/mol. The highest BCUT2D eigenvalue weighted by atomic mass is 32.1. The zero-order valence-electron chi connectivity index (χ0n) is 26.9. The standard InChI is InChI=1S/C45H28N4S/c1-3-14-29(15-4-1)33-22-12-23-36-37-24-13-25-38(42(37)50-41(33)36)45-47-43(30-16-5-2-6-17-30)46-44(48-45)31-18-11-19-32(28-31)49-39-26-9-7-20-34(39)35-21-8-10-27-40(35)49/h1-28H. The highest BCUT2D eigenvalue weighted by Gasteiger charge is 2.19. The van der Waals surface area contributed by atoms with Crippen LogP contribution < -0.4 is 0 Å². The van der Waals surface area contributed by atoms with Crippen molar-refractivity contribution >= 4 is 53.3 Å². The van der Waals surface area contributed by atoms with Gasteiger partial charge in [-0.05, 0) is 41.5 Å². The van der Waals surface area contributed by atoms with Crippen LogP contribution in [-0.2, 0) is 0 Å². The van der Waals surface area contributed by atoms with Gasteiger partial charge >= 0.3 is 0 Å². The maximum atomic E-state index is 5.22. The van der Waals surface area contributed by atoms with Gasteiger partial charge in [-0.3, -0.25) is 0 Å². The molecule has 7 aromatic carbocycles. The Labute approximate surface area is 292 Å². The van der Waals surface area contributed by atoms with Crippen molar-refractivity contribution in [3.05, 3.63) is 170 Å². The Hall–Kier alpha value is -6.43. The van der Waals surface area contributed by atoms with Crippen molar-refractivity contribution in [1.29, 1.82) is 0 Å². The first-order valence-electron chi connectivity index (χ1n) is 16.7. The molecular weight excluding hydrogens is 629 g/mol. The Balaban J connectivity index is 1.18. The van der Waals surface area contributed by atoms with E-state index in [1.54, 1.807) is 0 Å². The van der Waals surface area contributed by atoms with Crippen molar-refractivity contribution in [2.45, 2.75) is 0 Å². The van der Waals surface area contributed by atoms with Gasteiger partial charge in [-0.1, -0.05) is 140 Å². The molecule has 0 aliphatic heterocycles. The Kier molecular flexibility index (Phi) is 6.64. The summed E-state index contributed by atoms with van der Waals surface area (Å²) in [6.45, 7) is 0. The number of hydrogen-bond donors (Lipinski definition) is 0. The Morgan fingerprint density at radius 3 is 1.52 bits per heavy atom. The molecule has 0 saturated heterocycles. The van der Waals surface area contributed by atoms with Gasteiger partial charge in [0.15, 0.2) is 17.5 Å². The van der Waals surface area contributed by atoms with Crippen molar-refractivity contribution in [1.82, 2.24) is 19.5 Å². The van der Waals surface area contributed by atoms with E-state index in [1.165, 1.54) is 53.1 Å². The summed E-state index contributed by atoms with van der Waals surface area (Å²) in [4.78, 5) is 15.5. The molecule has 4 nitrogen and oxygen atoms in total. The second-order valence-corrected chi connectivity index (χ2v) is 13.4. The summed E-state index contributed by atoms with van der Waals surface area (Å²) in [5.74, 6) is 1.95. The third-order valence-corrected chi connectivity index (χ3v) is 10.7. The third-order valence-electron chi connectivity index (χ3n) is 9.46. The summed E-state index contributed by atoms with van der Waals surface area (Å²) in [6, 6.07) is 59.6. The van der Waals surface area contributed by atoms with E-state index in [0.717, 1.165) is 22.4 Å². The van der Waals surface area contributed by atoms with Gasteiger partial charge in [-0.25, -0.2) is 15.0 Å². The second-order valence-electron chi connectivity index (χ2n) is 12.4. The zero-order valence-corrected chi connectivity index (χ0v) is 27.7. The van der Waals surface area contributed by atoms with Crippen LogP contribution in [0.25, 0.3) is 93.0 Å². The summed E-state index contributed by atoms with van der Waals surface area (Å²) in [7, 11) is 0. The van der Waals surface area contributed by atoms with Gasteiger partial charge in [0.25, 0.3) is 0 Å². The molecule has 234 valence electrons. The highest BCUT2D eigenvalue weighted by Crippen LogP contribution is 2.43. The van der Waals surface area contributed by atoms with Crippen molar-refractivity contribution < 1.29 is 0 Å². The van der Waals surface area contributed by atoms with Crippen molar-refractivity contribution in [3.63, 3.8) is 0 Å². The first-order chi connectivity index (χ1) is 24.8. The van der Waals surface area contributed by atoms with Gasteiger partial charge in [0, 0.05) is 53.3 Å². The van der Waals surface area contributed by atoms with E-state index in [1.807, 2.05) is 29.5 Å². The minimum atomic E-state index is 0.638. The topological polar surface area (TPSA) is 43.6 Å². The minimum Gasteiger partial charge on any atom is -0.309 e. The van der Waals surface area contributed by atoms with E-state index >= 15 is 0 Å². The van der Waals surface area contributed by atoms with Crippen LogP contribution in [0.15, 0.2) is 170 Å². The largest absolute Gasteiger partial charge is 0.309 e. The molecular formula is C45H28N4S. The molecule has 0 spiro atoms. The van der Waals surface area contributed by atoms with E-state index in [4.69, 9.17) is 15.0 Å². The molecule has 0 amide bonds. The van der Waals surface area contributed by atoms with E-state index < -0.39 is 0 Å². The monoisotopic (exact) mass is 656 g/mol. The van der Waals surface area contributed by atoms with Crippen LogP contribution in [-0.4, -0.2) is 19.5 Å². The first kappa shape index (κ1) is 28.6. The van der Waals surface area contributed by atoms with E-state index in [0.29, 0.717) is 17.5 Å². The SMILES string of the molecule is c1ccc(-c2nc(-c3cccc(-n4c5ccccc5c5ccccc54)c3)nc(-c3cccc4c3sc3c(-c5ccccc5)cccc34)n2)cc1. The van der Waals surface area contributed by atoms with Crippen LogP contribution in [0.3, 0.4) is 0 Å². The van der Waals surface area contributed by atoms with Crippen molar-refractivity contribution in [2.75, 3.05) is 0 Å². The van der Waals surface area contributed by atoms with Crippen LogP contribution in [0.1, 0.15) is 0 Å². The normalized spacial score (nSPS) is 11.6. The van der Waals surface area contributed by atoms with E-state index in [2.05, 4.69) is 156 Å². The summed E-state index contributed by atoms with van der Waals surface area (Å²) in [5, 5.41) is 4.91. The average Bonchev–Trinajstić information content (AvgIpc) is 3.75. The molecule has 0 fully saturated rings. The summed E-state index contributed by atoms with van der Waals surface area (Å²) >= 11 is 1.81. The van der Waals surface area contributed by atoms with E-state index in [9.17, 15) is 0 Å². The van der Waals surface area contributed by atoms with Gasteiger partial charge in [0.1, 0.15) is 0 Å². The summed E-state index contributed by atoms with van der Waals surface area (Å²) in [6.07, 6.45) is 0. The van der Waals surface area contributed by atoms with Crippen LogP contribution in [0.2, 0.25) is 0 Å². The molecule has 0 atom stereocenters. The van der Waals surface area contributed by atoms with Crippen LogP contribution in [0, 0.1) is 0 Å². The summed E-state index contributed by atoms with van der Waals surface area (Å²) in [5.41, 5.74) is 8.72. The molecule has 0 N–H and O–H groups in total. The summed E-state index contributed by atoms with van der Waals surface area (Å²) < 4.78 is 4.76. The fraction of sp³-hybridized carbons (Fsp3) is 0. The molecule has 0 radical (unpaired) electrons. The molecule has 0 saturated carbocycles. The van der Waals surface area contributed by atoms with Crippen molar-refractivity contribution in [2.24, 2.45) is 0 Å². The van der Waals surface area contributed by atoms with Crippen LogP contribution in [0.4, 0.5) is 0 Å². The Bertz CT molecular complexity index is 2820. The number of thiophene rings is 1. The molecule has 0 aliphatic rings. The molecule has 0 bridgehead atoms. The fourth-order valence-electron chi connectivity index (χ4n) is 7.17. The maximum Gasteiger partial charge on any atom is 0.165 e. The predicted octanol–water partition coefficient (Wildman–Crippen LogP) is 12.0. The number of nitrogens with zero attached hydrogens (tertiary/aromatic N) is 4. The van der Waals surface area contributed by atoms with Crippen LogP contribution >= 0.6 is 11.3 Å². The molecule has 3 aromatic heterocycles. The van der Waals surface area contributed by atoms with Crippen molar-refractivity contribution in [3.8, 4) is 51.0 Å². The molecule has 50 heavy (non-hydrogen) atoms. The molecule has 10 rings (SSSR count). The quantitative estimate of drug-likeness (QED) is 0.185. The maximum absolute atomic E-state index is 5.22. The highest BCUT2D eigenvalue weighted by molar-refractivity contribution is 7.26. The van der Waals surface area contributed by atoms with E-state index in [-0.39, 0.29) is 0 Å². The van der Waals surface area contributed by atoms with Crippen LogP contribution in [0.5, 0.6) is 0 Å². The second kappa shape index (κ2) is 11.6. The number of benzene rings is 7. The number of aromatic nitrogens is 4. The van der Waals surface area contributed by atoms with Gasteiger partial charge in [-0.2, -0.15) is 0 Å². The van der Waals surface area contributed by atoms with Gasteiger partial charge in [0.05, 0.1) is 11.0 Å². The third kappa shape index (κ3) is 4.63. The van der Waals surface area contributed by atoms with Gasteiger partial charge < -0.3 is 4.57 Å². The fourth-order valence-corrected chi connectivity index (χ4v) is 8.51. The lowest BCUT2D eigenvalue weighted by molar-refractivity contribution is 1.07. The lowest BCUT2D eigenvalue weighted by atomic mass is 10.0. The number of fused-ring (bicyclic) bond motifs is 6. The number of rotatable bonds is 5. The molecule has 5 heteroatoms. The number of para-hydroxylation sites is 2. The molecule has 0 unspecified atom stereocenters. The molecule has 10 aromatic rings. The smallest absolute Gasteiger partial charge is 0.165 e. The molecule has 0 aliphatic carbocycles.